The number of nitrogens with zero attached hydrogens (tertiary/aromatic N) is 4. The number of fused-ring (bicyclic) bond motifs is 2. The highest BCUT2D eigenvalue weighted by Crippen LogP contribution is 2.22. The molecule has 0 atom stereocenters. The topological polar surface area (TPSA) is 63.7 Å². The van der Waals surface area contributed by atoms with Gasteiger partial charge in [0.25, 0.3) is 0 Å². The van der Waals surface area contributed by atoms with Crippen LogP contribution in [0.3, 0.4) is 0 Å². The minimum absolute atomic E-state index is 0.0816. The summed E-state index contributed by atoms with van der Waals surface area (Å²) in [5.41, 5.74) is 5.53. The van der Waals surface area contributed by atoms with E-state index in [1.165, 1.54) is 0 Å². The van der Waals surface area contributed by atoms with E-state index in [1.54, 1.807) is 11.3 Å². The van der Waals surface area contributed by atoms with E-state index in [0.717, 1.165) is 38.8 Å². The molecule has 0 spiro atoms. The van der Waals surface area contributed by atoms with Crippen LogP contribution in [-0.2, 0) is 11.2 Å². The number of pyridine rings is 1. The Hall–Kier alpha value is -3.45. The van der Waals surface area contributed by atoms with Gasteiger partial charge in [-0.25, -0.2) is 9.97 Å². The molecular weight excluding hydrogens is 370 g/mol. The largest absolute Gasteiger partial charge is 0.326 e. The van der Waals surface area contributed by atoms with Gasteiger partial charge in [-0.3, -0.25) is 9.20 Å². The van der Waals surface area contributed by atoms with Gasteiger partial charge >= 0.3 is 0 Å². The quantitative estimate of drug-likeness (QED) is 0.503. The zero-order valence-electron chi connectivity index (χ0n) is 15.2. The highest BCUT2D eigenvalue weighted by Gasteiger charge is 2.10. The first-order valence-electron chi connectivity index (χ1n) is 8.91. The minimum Gasteiger partial charge on any atom is -0.326 e. The van der Waals surface area contributed by atoms with E-state index in [0.29, 0.717) is 0 Å². The molecule has 138 valence electrons. The number of carbonyl (C=O) groups is 1. The molecule has 0 saturated heterocycles. The molecule has 0 aliphatic carbocycles. The summed E-state index contributed by atoms with van der Waals surface area (Å²) in [4.78, 5) is 22.4. The molecule has 6 nitrogen and oxygen atoms in total. The number of anilines is 1. The van der Waals surface area contributed by atoms with Crippen LogP contribution >= 0.6 is 11.3 Å². The first kappa shape index (κ1) is 16.7. The molecule has 4 aromatic heterocycles. The molecule has 0 aliphatic rings. The number of rotatable bonds is 4. The Labute approximate surface area is 165 Å². The van der Waals surface area contributed by atoms with Gasteiger partial charge in [0.2, 0.25) is 5.91 Å². The highest BCUT2D eigenvalue weighted by atomic mass is 32.1. The molecule has 5 rings (SSSR count). The van der Waals surface area contributed by atoms with Gasteiger partial charge in [0, 0.05) is 41.4 Å². The molecule has 0 radical (unpaired) electrons. The highest BCUT2D eigenvalue weighted by molar-refractivity contribution is 7.15. The Morgan fingerprint density at radius 2 is 1.93 bits per heavy atom. The second kappa shape index (κ2) is 6.61. The lowest BCUT2D eigenvalue weighted by Gasteiger charge is -2.05. The van der Waals surface area contributed by atoms with Gasteiger partial charge in [0.1, 0.15) is 5.65 Å². The summed E-state index contributed by atoms with van der Waals surface area (Å²) in [6.45, 7) is 2.05. The van der Waals surface area contributed by atoms with Gasteiger partial charge in [0.05, 0.1) is 17.8 Å². The van der Waals surface area contributed by atoms with E-state index < -0.39 is 0 Å². The van der Waals surface area contributed by atoms with Crippen molar-refractivity contribution in [3.63, 3.8) is 0 Å². The van der Waals surface area contributed by atoms with Crippen molar-refractivity contribution in [2.45, 2.75) is 13.3 Å². The molecule has 1 aromatic carbocycles. The van der Waals surface area contributed by atoms with Crippen LogP contribution in [0.5, 0.6) is 0 Å². The first-order valence-corrected chi connectivity index (χ1v) is 9.79. The van der Waals surface area contributed by atoms with Crippen molar-refractivity contribution in [1.29, 1.82) is 0 Å². The Kier molecular flexibility index (Phi) is 3.95. The molecular formula is C21H17N5OS. The Bertz CT molecular complexity index is 1270. The molecule has 4 heterocycles. The van der Waals surface area contributed by atoms with Crippen molar-refractivity contribution in [2.75, 3.05) is 5.32 Å². The van der Waals surface area contributed by atoms with E-state index in [1.807, 2.05) is 69.3 Å². The van der Waals surface area contributed by atoms with Crippen LogP contribution in [0.25, 0.3) is 21.9 Å². The Balaban J connectivity index is 1.30. The molecule has 0 fully saturated rings. The van der Waals surface area contributed by atoms with Crippen molar-refractivity contribution < 1.29 is 4.79 Å². The van der Waals surface area contributed by atoms with Crippen LogP contribution in [0.2, 0.25) is 0 Å². The fourth-order valence-corrected chi connectivity index (χ4v) is 3.97. The molecule has 28 heavy (non-hydrogen) atoms. The van der Waals surface area contributed by atoms with Crippen molar-refractivity contribution in [2.24, 2.45) is 0 Å². The lowest BCUT2D eigenvalue weighted by Crippen LogP contribution is -2.14. The van der Waals surface area contributed by atoms with Crippen LogP contribution in [0.4, 0.5) is 5.69 Å². The van der Waals surface area contributed by atoms with Gasteiger partial charge in [-0.15, -0.1) is 11.3 Å². The van der Waals surface area contributed by atoms with E-state index in [4.69, 9.17) is 4.98 Å². The average molecular weight is 387 g/mol. The summed E-state index contributed by atoms with van der Waals surface area (Å²) in [7, 11) is 0. The maximum atomic E-state index is 12.3. The normalized spacial score (nSPS) is 11.3. The molecule has 0 aliphatic heterocycles. The molecule has 5 aromatic rings. The molecule has 1 amide bonds. The maximum Gasteiger partial charge on any atom is 0.230 e. The first-order chi connectivity index (χ1) is 13.7. The van der Waals surface area contributed by atoms with Crippen LogP contribution in [-0.4, -0.2) is 24.7 Å². The lowest BCUT2D eigenvalue weighted by atomic mass is 10.1. The van der Waals surface area contributed by atoms with Crippen molar-refractivity contribution in [3.05, 3.63) is 77.8 Å². The minimum atomic E-state index is -0.0816. The smallest absolute Gasteiger partial charge is 0.230 e. The number of amides is 1. The van der Waals surface area contributed by atoms with E-state index in [2.05, 4.69) is 23.3 Å². The predicted molar refractivity (Wildman–Crippen MR) is 111 cm³/mol. The number of benzene rings is 1. The number of imidazole rings is 2. The number of thiazole rings is 1. The summed E-state index contributed by atoms with van der Waals surface area (Å²) in [6, 6.07) is 11.8. The summed E-state index contributed by atoms with van der Waals surface area (Å²) in [6.07, 6.45) is 8.09. The van der Waals surface area contributed by atoms with Gasteiger partial charge in [-0.1, -0.05) is 18.2 Å². The maximum absolute atomic E-state index is 12.3. The van der Waals surface area contributed by atoms with Gasteiger partial charge in [-0.2, -0.15) is 0 Å². The van der Waals surface area contributed by atoms with Crippen molar-refractivity contribution >= 4 is 33.5 Å². The van der Waals surface area contributed by atoms with Crippen LogP contribution in [0.15, 0.2) is 66.6 Å². The summed E-state index contributed by atoms with van der Waals surface area (Å²) in [5, 5.41) is 4.90. The average Bonchev–Trinajstić information content (AvgIpc) is 3.37. The third-order valence-corrected chi connectivity index (χ3v) is 5.40. The Morgan fingerprint density at radius 1 is 1.07 bits per heavy atom. The number of hydrogen-bond donors (Lipinski definition) is 1. The molecule has 7 heteroatoms. The fraction of sp³-hybridized carbons (Fsp3) is 0.0952. The third-order valence-electron chi connectivity index (χ3n) is 4.63. The number of hydrogen-bond acceptors (Lipinski definition) is 4. The van der Waals surface area contributed by atoms with Crippen molar-refractivity contribution in [1.82, 2.24) is 18.8 Å². The lowest BCUT2D eigenvalue weighted by molar-refractivity contribution is -0.115. The van der Waals surface area contributed by atoms with Gasteiger partial charge in [-0.05, 0) is 30.7 Å². The van der Waals surface area contributed by atoms with Crippen LogP contribution < -0.4 is 5.32 Å². The van der Waals surface area contributed by atoms with E-state index >= 15 is 0 Å². The monoisotopic (exact) mass is 387 g/mol. The molecule has 0 saturated carbocycles. The summed E-state index contributed by atoms with van der Waals surface area (Å²) >= 11 is 1.55. The SMILES string of the molecule is Cc1cccn2cc(-c3ccc(NC(=O)Cc4cn5ccsc5n4)cc3)nc12. The predicted octanol–water partition coefficient (Wildman–Crippen LogP) is 4.20. The zero-order valence-corrected chi connectivity index (χ0v) is 16.0. The number of carbonyl (C=O) groups excluding carboxylic acids is 1. The summed E-state index contributed by atoms with van der Waals surface area (Å²) in [5.74, 6) is -0.0816. The third kappa shape index (κ3) is 3.05. The number of aromatic nitrogens is 4. The fourth-order valence-electron chi connectivity index (χ4n) is 3.25. The van der Waals surface area contributed by atoms with E-state index in [9.17, 15) is 4.79 Å². The second-order valence-corrected chi connectivity index (χ2v) is 7.55. The number of nitrogens with one attached hydrogen (secondary N) is 1. The second-order valence-electron chi connectivity index (χ2n) is 6.68. The van der Waals surface area contributed by atoms with Crippen LogP contribution in [0.1, 0.15) is 11.3 Å². The van der Waals surface area contributed by atoms with Crippen molar-refractivity contribution in [3.8, 4) is 11.3 Å². The number of aryl methyl sites for hydroxylation is 1. The standard InChI is InChI=1S/C21H17N5OS/c1-14-3-2-8-25-13-18(24-20(14)25)15-4-6-16(7-5-15)22-19(27)11-17-12-26-9-10-28-21(26)23-17/h2-10,12-13H,11H2,1H3,(H,22,27). The zero-order chi connectivity index (χ0) is 19.1. The van der Waals surface area contributed by atoms with Gasteiger partial charge < -0.3 is 9.72 Å². The van der Waals surface area contributed by atoms with Crippen LogP contribution in [0, 0.1) is 6.92 Å². The molecule has 0 unspecified atom stereocenters. The Morgan fingerprint density at radius 3 is 2.71 bits per heavy atom. The summed E-state index contributed by atoms with van der Waals surface area (Å²) < 4.78 is 3.95. The van der Waals surface area contributed by atoms with E-state index in [-0.39, 0.29) is 12.3 Å². The molecule has 0 bridgehead atoms. The molecule has 1 N–H and O–H groups in total. The van der Waals surface area contributed by atoms with Gasteiger partial charge in [0.15, 0.2) is 4.96 Å².